The molecule has 3 heteroatoms. The van der Waals surface area contributed by atoms with E-state index in [9.17, 15) is 0 Å². The van der Waals surface area contributed by atoms with Gasteiger partial charge < -0.3 is 0 Å². The van der Waals surface area contributed by atoms with Gasteiger partial charge in [-0.3, -0.25) is 0 Å². The lowest BCUT2D eigenvalue weighted by atomic mass is 10.4. The molecule has 72 valence electrons. The third-order valence-electron chi connectivity index (χ3n) is 1.84. The molecule has 0 fully saturated rings. The number of aromatic nitrogens is 1. The topological polar surface area (TPSA) is 12.9 Å². The van der Waals surface area contributed by atoms with E-state index in [1.54, 1.807) is 23.1 Å². The second kappa shape index (κ2) is 4.62. The van der Waals surface area contributed by atoms with Crippen LogP contribution in [0.5, 0.6) is 0 Å². The molecule has 1 heterocycles. The lowest BCUT2D eigenvalue weighted by Gasteiger charge is -1.95. The van der Waals surface area contributed by atoms with Gasteiger partial charge in [0, 0.05) is 10.3 Å². The molecule has 0 aliphatic heterocycles. The smallest absolute Gasteiger partial charge is 0.154 e. The van der Waals surface area contributed by atoms with E-state index >= 15 is 0 Å². The largest absolute Gasteiger partial charge is 0.234 e. The van der Waals surface area contributed by atoms with E-state index in [-0.39, 0.29) is 0 Å². The van der Waals surface area contributed by atoms with Crippen molar-refractivity contribution in [2.45, 2.75) is 22.6 Å². The maximum atomic E-state index is 4.51. The molecule has 0 aliphatic carbocycles. The molecule has 14 heavy (non-hydrogen) atoms. The molecular formula is C11H11NS2. The molecule has 1 nitrogen and oxygen atoms in total. The Labute approximate surface area is 92.2 Å². The van der Waals surface area contributed by atoms with Crippen molar-refractivity contribution in [2.24, 2.45) is 0 Å². The fraction of sp³-hybridized carbons (Fsp3) is 0.182. The van der Waals surface area contributed by atoms with Gasteiger partial charge in [0.25, 0.3) is 0 Å². The summed E-state index contributed by atoms with van der Waals surface area (Å²) in [7, 11) is 0. The van der Waals surface area contributed by atoms with Gasteiger partial charge in [0.15, 0.2) is 4.34 Å². The van der Waals surface area contributed by atoms with Crippen LogP contribution in [0.2, 0.25) is 0 Å². The summed E-state index contributed by atoms with van der Waals surface area (Å²) in [6.45, 7) is 2.13. The maximum absolute atomic E-state index is 4.51. The molecule has 1 aromatic carbocycles. The quantitative estimate of drug-likeness (QED) is 0.780. The van der Waals surface area contributed by atoms with Crippen molar-refractivity contribution in [3.05, 3.63) is 41.4 Å². The molecule has 0 N–H and O–H groups in total. The van der Waals surface area contributed by atoms with Gasteiger partial charge in [-0.15, -0.1) is 11.3 Å². The molecule has 0 bridgehead atoms. The van der Waals surface area contributed by atoms with E-state index in [1.165, 1.54) is 10.6 Å². The van der Waals surface area contributed by atoms with Crippen LogP contribution in [0.15, 0.2) is 44.9 Å². The lowest BCUT2D eigenvalue weighted by Crippen LogP contribution is -1.77. The summed E-state index contributed by atoms with van der Waals surface area (Å²) in [4.78, 5) is 5.76. The Hall–Kier alpha value is -0.800. The Morgan fingerprint density at radius 1 is 1.29 bits per heavy atom. The minimum Gasteiger partial charge on any atom is -0.234 e. The maximum Gasteiger partial charge on any atom is 0.154 e. The number of rotatable bonds is 3. The highest BCUT2D eigenvalue weighted by molar-refractivity contribution is 8.01. The third kappa shape index (κ3) is 2.36. The third-order valence-corrected chi connectivity index (χ3v) is 3.84. The second-order valence-electron chi connectivity index (χ2n) is 2.87. The van der Waals surface area contributed by atoms with E-state index < -0.39 is 0 Å². The lowest BCUT2D eigenvalue weighted by molar-refractivity contribution is 1.02. The molecule has 1 aromatic heterocycles. The Balaban J connectivity index is 2.11. The molecule has 0 amide bonds. The highest BCUT2D eigenvalue weighted by atomic mass is 32.2. The van der Waals surface area contributed by atoms with Crippen molar-refractivity contribution < 1.29 is 0 Å². The Kier molecular flexibility index (Phi) is 3.22. The zero-order valence-electron chi connectivity index (χ0n) is 7.93. The molecular weight excluding hydrogens is 210 g/mol. The summed E-state index contributed by atoms with van der Waals surface area (Å²) >= 11 is 3.45. The zero-order valence-corrected chi connectivity index (χ0v) is 9.57. The van der Waals surface area contributed by atoms with Gasteiger partial charge in [-0.25, -0.2) is 4.98 Å². The number of benzene rings is 1. The fourth-order valence-electron chi connectivity index (χ4n) is 1.09. The number of nitrogens with zero attached hydrogens (tertiary/aromatic N) is 1. The molecule has 0 aliphatic rings. The van der Waals surface area contributed by atoms with Crippen molar-refractivity contribution in [3.63, 3.8) is 0 Å². The van der Waals surface area contributed by atoms with Crippen molar-refractivity contribution in [2.75, 3.05) is 0 Å². The van der Waals surface area contributed by atoms with Crippen LogP contribution in [0.25, 0.3) is 0 Å². The summed E-state index contributed by atoms with van der Waals surface area (Å²) in [6, 6.07) is 10.4. The average molecular weight is 221 g/mol. The highest BCUT2D eigenvalue weighted by Crippen LogP contribution is 2.29. The summed E-state index contributed by atoms with van der Waals surface area (Å²) in [6.07, 6.45) is 1.02. The van der Waals surface area contributed by atoms with Crippen LogP contribution in [0.3, 0.4) is 0 Å². The first kappa shape index (κ1) is 9.74. The average Bonchev–Trinajstić information content (AvgIpc) is 2.67. The molecule has 0 saturated carbocycles. The standard InChI is InChI=1S/C11H11NS2/c1-2-9-8-13-11(12-9)14-10-6-4-3-5-7-10/h3-8H,2H2,1H3. The van der Waals surface area contributed by atoms with Crippen LogP contribution in [0.1, 0.15) is 12.6 Å². The zero-order chi connectivity index (χ0) is 9.80. The van der Waals surface area contributed by atoms with E-state index in [4.69, 9.17) is 0 Å². The SMILES string of the molecule is CCc1csc(Sc2ccccc2)n1. The Morgan fingerprint density at radius 3 is 2.71 bits per heavy atom. The minimum atomic E-state index is 1.02. The van der Waals surface area contributed by atoms with Gasteiger partial charge in [-0.2, -0.15) is 0 Å². The van der Waals surface area contributed by atoms with Gasteiger partial charge in [-0.1, -0.05) is 36.9 Å². The molecule has 0 atom stereocenters. The molecule has 2 aromatic rings. The summed E-state index contributed by atoms with van der Waals surface area (Å²) in [5, 5.41) is 2.13. The number of aryl methyl sites for hydroxylation is 1. The fourth-order valence-corrected chi connectivity index (χ4v) is 3.00. The van der Waals surface area contributed by atoms with Crippen LogP contribution >= 0.6 is 23.1 Å². The van der Waals surface area contributed by atoms with Gasteiger partial charge in [0.1, 0.15) is 0 Å². The first-order valence-corrected chi connectivity index (χ1v) is 6.25. The van der Waals surface area contributed by atoms with Crippen LogP contribution in [-0.4, -0.2) is 4.98 Å². The van der Waals surface area contributed by atoms with E-state index in [1.807, 2.05) is 6.07 Å². The van der Waals surface area contributed by atoms with Crippen LogP contribution in [0.4, 0.5) is 0 Å². The molecule has 0 saturated heterocycles. The predicted molar refractivity (Wildman–Crippen MR) is 62.1 cm³/mol. The van der Waals surface area contributed by atoms with Gasteiger partial charge in [0.2, 0.25) is 0 Å². The van der Waals surface area contributed by atoms with Gasteiger partial charge in [-0.05, 0) is 18.6 Å². The first-order chi connectivity index (χ1) is 6.88. The minimum absolute atomic E-state index is 1.02. The normalized spacial score (nSPS) is 10.4. The summed E-state index contributed by atoms with van der Waals surface area (Å²) in [5.41, 5.74) is 1.19. The van der Waals surface area contributed by atoms with E-state index in [0.29, 0.717) is 0 Å². The van der Waals surface area contributed by atoms with Gasteiger partial charge in [0.05, 0.1) is 5.69 Å². The summed E-state index contributed by atoms with van der Waals surface area (Å²) in [5.74, 6) is 0. The Morgan fingerprint density at radius 2 is 2.07 bits per heavy atom. The molecule has 0 spiro atoms. The van der Waals surface area contributed by atoms with Crippen LogP contribution in [-0.2, 0) is 6.42 Å². The van der Waals surface area contributed by atoms with Crippen molar-refractivity contribution in [3.8, 4) is 0 Å². The van der Waals surface area contributed by atoms with Crippen molar-refractivity contribution in [1.82, 2.24) is 4.98 Å². The summed E-state index contributed by atoms with van der Waals surface area (Å²) < 4.78 is 1.13. The van der Waals surface area contributed by atoms with Crippen LogP contribution in [0, 0.1) is 0 Å². The molecule has 0 unspecified atom stereocenters. The van der Waals surface area contributed by atoms with E-state index in [2.05, 4.69) is 41.6 Å². The second-order valence-corrected chi connectivity index (χ2v) is 5.05. The van der Waals surface area contributed by atoms with E-state index in [0.717, 1.165) is 10.8 Å². The number of hydrogen-bond acceptors (Lipinski definition) is 3. The van der Waals surface area contributed by atoms with Crippen LogP contribution < -0.4 is 0 Å². The first-order valence-electron chi connectivity index (χ1n) is 4.56. The molecule has 0 radical (unpaired) electrons. The van der Waals surface area contributed by atoms with Crippen molar-refractivity contribution >= 4 is 23.1 Å². The number of thiazole rings is 1. The highest BCUT2D eigenvalue weighted by Gasteiger charge is 2.01. The predicted octanol–water partition coefficient (Wildman–Crippen LogP) is 3.86. The van der Waals surface area contributed by atoms with Gasteiger partial charge >= 0.3 is 0 Å². The Bertz CT molecular complexity index is 395. The molecule has 2 rings (SSSR count). The van der Waals surface area contributed by atoms with Crippen molar-refractivity contribution in [1.29, 1.82) is 0 Å². The number of hydrogen-bond donors (Lipinski definition) is 0. The monoisotopic (exact) mass is 221 g/mol.